The quantitative estimate of drug-likeness (QED) is 0.728. The summed E-state index contributed by atoms with van der Waals surface area (Å²) in [6, 6.07) is 0. The first kappa shape index (κ1) is 19.9. The number of rotatable bonds is 8. The Morgan fingerprint density at radius 2 is 1.62 bits per heavy atom. The fraction of sp³-hybridized carbons (Fsp3) is 0.474. The number of allylic oxidation sites excluding steroid dienone is 6. The van der Waals surface area contributed by atoms with Gasteiger partial charge in [0.1, 0.15) is 0 Å². The number of aromatic nitrogens is 2. The summed E-state index contributed by atoms with van der Waals surface area (Å²) in [7, 11) is 0. The van der Waals surface area contributed by atoms with Crippen LogP contribution in [0.25, 0.3) is 0 Å². The SMILES string of the molecule is CC(C)=CCCC(C)=CCCC(C)=CCn1cc(F)c(=O)[nH]c1=O. The standard InChI is InChI=1S/C19H27FN2O2/c1-14(2)7-5-8-15(3)9-6-10-16(4)11-12-22-13-17(20)18(23)21-19(22)24/h7,9,11,13H,5-6,8,10,12H2,1-4H3,(H,21,23,24). The number of H-pyrrole nitrogens is 1. The van der Waals surface area contributed by atoms with Crippen molar-refractivity contribution < 1.29 is 4.39 Å². The molecule has 24 heavy (non-hydrogen) atoms. The zero-order chi connectivity index (χ0) is 18.1. The number of aromatic amines is 1. The van der Waals surface area contributed by atoms with Gasteiger partial charge in [-0.05, 0) is 53.4 Å². The number of halogens is 1. The lowest BCUT2D eigenvalue weighted by atomic mass is 10.1. The maximum absolute atomic E-state index is 13.2. The summed E-state index contributed by atoms with van der Waals surface area (Å²) < 4.78 is 14.3. The first-order valence-corrected chi connectivity index (χ1v) is 8.23. The van der Waals surface area contributed by atoms with E-state index in [1.165, 1.54) is 11.1 Å². The van der Waals surface area contributed by atoms with Gasteiger partial charge < -0.3 is 0 Å². The van der Waals surface area contributed by atoms with Crippen molar-refractivity contribution in [3.05, 3.63) is 67.8 Å². The van der Waals surface area contributed by atoms with Crippen molar-refractivity contribution in [3.63, 3.8) is 0 Å². The minimum atomic E-state index is -0.981. The molecule has 4 nitrogen and oxygen atoms in total. The van der Waals surface area contributed by atoms with E-state index in [9.17, 15) is 14.0 Å². The summed E-state index contributed by atoms with van der Waals surface area (Å²) >= 11 is 0. The molecule has 1 rings (SSSR count). The van der Waals surface area contributed by atoms with Crippen LogP contribution in [0.5, 0.6) is 0 Å². The van der Waals surface area contributed by atoms with Crippen LogP contribution in [0.15, 0.2) is 50.7 Å². The zero-order valence-corrected chi connectivity index (χ0v) is 15.0. The van der Waals surface area contributed by atoms with Crippen LogP contribution in [0, 0.1) is 5.82 Å². The molecule has 0 aliphatic rings. The Morgan fingerprint density at radius 3 is 2.25 bits per heavy atom. The second-order valence-corrected chi connectivity index (χ2v) is 6.35. The molecule has 1 N–H and O–H groups in total. The van der Waals surface area contributed by atoms with E-state index in [0.29, 0.717) is 0 Å². The number of nitrogens with one attached hydrogen (secondary N) is 1. The molecule has 0 unspecified atom stereocenters. The number of hydrogen-bond acceptors (Lipinski definition) is 2. The van der Waals surface area contributed by atoms with Crippen molar-refractivity contribution in [1.82, 2.24) is 9.55 Å². The van der Waals surface area contributed by atoms with Crippen molar-refractivity contribution >= 4 is 0 Å². The van der Waals surface area contributed by atoms with Crippen molar-refractivity contribution in [3.8, 4) is 0 Å². The molecule has 0 radical (unpaired) electrons. The summed E-state index contributed by atoms with van der Waals surface area (Å²) in [5.41, 5.74) is 2.27. The predicted molar refractivity (Wildman–Crippen MR) is 96.7 cm³/mol. The van der Waals surface area contributed by atoms with Crippen LogP contribution in [-0.2, 0) is 6.54 Å². The molecule has 0 aliphatic heterocycles. The van der Waals surface area contributed by atoms with Crippen LogP contribution < -0.4 is 11.2 Å². The van der Waals surface area contributed by atoms with Crippen molar-refractivity contribution in [1.29, 1.82) is 0 Å². The molecule has 0 spiro atoms. The largest absolute Gasteiger partial charge is 0.328 e. The second kappa shape index (κ2) is 9.85. The molecule has 132 valence electrons. The van der Waals surface area contributed by atoms with E-state index < -0.39 is 17.1 Å². The third-order valence-corrected chi connectivity index (χ3v) is 3.73. The van der Waals surface area contributed by atoms with Gasteiger partial charge in [-0.1, -0.05) is 34.9 Å². The molecular weight excluding hydrogens is 307 g/mol. The van der Waals surface area contributed by atoms with Crippen molar-refractivity contribution in [2.45, 2.75) is 59.9 Å². The molecule has 0 aromatic carbocycles. The monoisotopic (exact) mass is 334 g/mol. The zero-order valence-electron chi connectivity index (χ0n) is 15.0. The number of nitrogens with zero attached hydrogens (tertiary/aromatic N) is 1. The van der Waals surface area contributed by atoms with E-state index in [-0.39, 0.29) is 6.54 Å². The summed E-state index contributed by atoms with van der Waals surface area (Å²) in [4.78, 5) is 24.5. The third-order valence-electron chi connectivity index (χ3n) is 3.73. The van der Waals surface area contributed by atoms with Gasteiger partial charge in [-0.15, -0.1) is 0 Å². The molecule has 0 amide bonds. The van der Waals surface area contributed by atoms with Crippen LogP contribution in [0.1, 0.15) is 53.4 Å². The molecule has 1 aromatic heterocycles. The van der Waals surface area contributed by atoms with E-state index in [2.05, 4.69) is 32.9 Å². The fourth-order valence-electron chi connectivity index (χ4n) is 2.21. The molecule has 0 saturated carbocycles. The highest BCUT2D eigenvalue weighted by Crippen LogP contribution is 2.11. The Hall–Kier alpha value is -2.17. The van der Waals surface area contributed by atoms with E-state index in [1.54, 1.807) is 0 Å². The smallest absolute Gasteiger partial charge is 0.294 e. The van der Waals surface area contributed by atoms with Crippen LogP contribution in [-0.4, -0.2) is 9.55 Å². The molecule has 0 atom stereocenters. The maximum atomic E-state index is 13.2. The molecule has 0 aliphatic carbocycles. The van der Waals surface area contributed by atoms with Crippen LogP contribution in [0.4, 0.5) is 4.39 Å². The van der Waals surface area contributed by atoms with Gasteiger partial charge in [-0.25, -0.2) is 4.79 Å². The first-order valence-electron chi connectivity index (χ1n) is 8.23. The first-order chi connectivity index (χ1) is 11.3. The van der Waals surface area contributed by atoms with Crippen molar-refractivity contribution in [2.75, 3.05) is 0 Å². The van der Waals surface area contributed by atoms with Crippen molar-refractivity contribution in [2.24, 2.45) is 0 Å². The normalized spacial score (nSPS) is 12.4. The van der Waals surface area contributed by atoms with Crippen LogP contribution in [0.3, 0.4) is 0 Å². The summed E-state index contributed by atoms with van der Waals surface area (Å²) in [5, 5.41) is 0. The van der Waals surface area contributed by atoms with Gasteiger partial charge in [0.05, 0.1) is 6.20 Å². The van der Waals surface area contributed by atoms with Gasteiger partial charge in [0.25, 0.3) is 5.56 Å². The lowest BCUT2D eigenvalue weighted by Gasteiger charge is -2.04. The molecule has 1 heterocycles. The lowest BCUT2D eigenvalue weighted by molar-refractivity contribution is 0.567. The van der Waals surface area contributed by atoms with Gasteiger partial charge in [0, 0.05) is 6.54 Å². The lowest BCUT2D eigenvalue weighted by Crippen LogP contribution is -2.31. The molecule has 0 saturated heterocycles. The predicted octanol–water partition coefficient (Wildman–Crippen LogP) is 4.09. The average molecular weight is 334 g/mol. The molecule has 5 heteroatoms. The van der Waals surface area contributed by atoms with E-state index >= 15 is 0 Å². The number of hydrogen-bond donors (Lipinski definition) is 1. The third kappa shape index (κ3) is 7.40. The van der Waals surface area contributed by atoms with Gasteiger partial charge in [-0.2, -0.15) is 4.39 Å². The molecular formula is C19H27FN2O2. The topological polar surface area (TPSA) is 54.9 Å². The van der Waals surface area contributed by atoms with Gasteiger partial charge in [-0.3, -0.25) is 14.3 Å². The highest BCUT2D eigenvalue weighted by Gasteiger charge is 2.02. The Kier molecular flexibility index (Phi) is 8.16. The fourth-order valence-corrected chi connectivity index (χ4v) is 2.21. The van der Waals surface area contributed by atoms with E-state index in [4.69, 9.17) is 0 Å². The summed E-state index contributed by atoms with van der Waals surface area (Å²) in [5.74, 6) is -0.949. The molecule has 0 bridgehead atoms. The molecule has 0 fully saturated rings. The van der Waals surface area contributed by atoms with Crippen LogP contribution >= 0.6 is 0 Å². The van der Waals surface area contributed by atoms with Gasteiger partial charge >= 0.3 is 5.69 Å². The Morgan fingerprint density at radius 1 is 1.04 bits per heavy atom. The highest BCUT2D eigenvalue weighted by molar-refractivity contribution is 5.05. The Bertz CT molecular complexity index is 747. The maximum Gasteiger partial charge on any atom is 0.328 e. The Labute approximate surface area is 142 Å². The van der Waals surface area contributed by atoms with Gasteiger partial charge in [0.2, 0.25) is 5.82 Å². The summed E-state index contributed by atoms with van der Waals surface area (Å²) in [6.07, 6.45) is 11.3. The average Bonchev–Trinajstić information content (AvgIpc) is 2.49. The van der Waals surface area contributed by atoms with E-state index in [0.717, 1.165) is 42.0 Å². The summed E-state index contributed by atoms with van der Waals surface area (Å²) in [6.45, 7) is 8.58. The highest BCUT2D eigenvalue weighted by atomic mass is 19.1. The van der Waals surface area contributed by atoms with Crippen LogP contribution in [0.2, 0.25) is 0 Å². The minimum Gasteiger partial charge on any atom is -0.294 e. The second-order valence-electron chi connectivity index (χ2n) is 6.35. The molecule has 1 aromatic rings. The van der Waals surface area contributed by atoms with Gasteiger partial charge in [0.15, 0.2) is 0 Å². The van der Waals surface area contributed by atoms with E-state index in [1.807, 2.05) is 18.0 Å². The minimum absolute atomic E-state index is 0.252. The Balaban J connectivity index is 2.51.